The Bertz CT molecular complexity index is 407. The van der Waals surface area contributed by atoms with E-state index in [2.05, 4.69) is 46.0 Å². The van der Waals surface area contributed by atoms with Crippen molar-refractivity contribution in [2.75, 3.05) is 50.0 Å². The lowest BCUT2D eigenvalue weighted by Gasteiger charge is -2.24. The Labute approximate surface area is 116 Å². The summed E-state index contributed by atoms with van der Waals surface area (Å²) in [5, 5.41) is 3.34. The lowest BCUT2D eigenvalue weighted by Crippen LogP contribution is -2.30. The van der Waals surface area contributed by atoms with Gasteiger partial charge in [-0.05, 0) is 33.4 Å². The summed E-state index contributed by atoms with van der Waals surface area (Å²) >= 11 is 0. The predicted octanol–water partition coefficient (Wildman–Crippen LogP) is 1.61. The number of nitrogens with one attached hydrogen (secondary N) is 1. The van der Waals surface area contributed by atoms with Gasteiger partial charge in [-0.25, -0.2) is 9.97 Å². The van der Waals surface area contributed by atoms with Gasteiger partial charge in [-0.3, -0.25) is 0 Å². The van der Waals surface area contributed by atoms with E-state index in [-0.39, 0.29) is 0 Å². The van der Waals surface area contributed by atoms with Crippen molar-refractivity contribution in [3.8, 4) is 0 Å². The summed E-state index contributed by atoms with van der Waals surface area (Å²) in [6.07, 6.45) is 3.84. The highest BCUT2D eigenvalue weighted by molar-refractivity contribution is 5.58. The van der Waals surface area contributed by atoms with Crippen LogP contribution in [0.25, 0.3) is 0 Å². The van der Waals surface area contributed by atoms with Crippen LogP contribution in [0, 0.1) is 0 Å². The molecular formula is C14H25N5. The van der Waals surface area contributed by atoms with Crippen molar-refractivity contribution < 1.29 is 0 Å². The SMILES string of the molecule is CCNc1ncnc(N2CCCN(C)CC2)c1CC. The summed E-state index contributed by atoms with van der Waals surface area (Å²) in [5.41, 5.74) is 1.24. The lowest BCUT2D eigenvalue weighted by molar-refractivity contribution is 0.360. The fraction of sp³-hybridized carbons (Fsp3) is 0.714. The molecule has 1 N–H and O–H groups in total. The van der Waals surface area contributed by atoms with Crippen LogP contribution in [0.2, 0.25) is 0 Å². The van der Waals surface area contributed by atoms with E-state index in [0.717, 1.165) is 44.2 Å². The van der Waals surface area contributed by atoms with Gasteiger partial charge >= 0.3 is 0 Å². The highest BCUT2D eigenvalue weighted by atomic mass is 15.2. The number of nitrogens with zero attached hydrogens (tertiary/aromatic N) is 4. The van der Waals surface area contributed by atoms with Gasteiger partial charge in [-0.2, -0.15) is 0 Å². The molecule has 1 fully saturated rings. The van der Waals surface area contributed by atoms with Crippen LogP contribution in [0.3, 0.4) is 0 Å². The smallest absolute Gasteiger partial charge is 0.137 e. The third kappa shape index (κ3) is 3.35. The number of anilines is 2. The third-order valence-corrected chi connectivity index (χ3v) is 3.64. The highest BCUT2D eigenvalue weighted by Gasteiger charge is 2.18. The fourth-order valence-electron chi connectivity index (χ4n) is 2.58. The molecule has 0 spiro atoms. The van der Waals surface area contributed by atoms with Crippen LogP contribution in [-0.4, -0.2) is 54.6 Å². The molecule has 1 aliphatic heterocycles. The van der Waals surface area contributed by atoms with Crippen LogP contribution in [0.5, 0.6) is 0 Å². The van der Waals surface area contributed by atoms with E-state index in [0.29, 0.717) is 0 Å². The quantitative estimate of drug-likeness (QED) is 0.894. The molecule has 2 rings (SSSR count). The molecule has 1 aromatic heterocycles. The van der Waals surface area contributed by atoms with Crippen molar-refractivity contribution in [2.45, 2.75) is 26.7 Å². The van der Waals surface area contributed by atoms with Gasteiger partial charge < -0.3 is 15.1 Å². The number of aromatic nitrogens is 2. The molecule has 0 amide bonds. The van der Waals surface area contributed by atoms with Gasteiger partial charge in [0.25, 0.3) is 0 Å². The summed E-state index contributed by atoms with van der Waals surface area (Å²) in [6, 6.07) is 0. The molecule has 0 unspecified atom stereocenters. The van der Waals surface area contributed by atoms with E-state index < -0.39 is 0 Å². The second-order valence-electron chi connectivity index (χ2n) is 5.05. The second-order valence-corrected chi connectivity index (χ2v) is 5.05. The lowest BCUT2D eigenvalue weighted by atomic mass is 10.2. The van der Waals surface area contributed by atoms with Gasteiger partial charge in [0.1, 0.15) is 18.0 Å². The molecule has 19 heavy (non-hydrogen) atoms. The standard InChI is InChI=1S/C14H25N5/c1-4-12-13(15-5-2)16-11-17-14(12)19-8-6-7-18(3)9-10-19/h11H,4-10H2,1-3H3,(H,15,16,17). The maximum absolute atomic E-state index is 4.54. The molecule has 106 valence electrons. The number of likely N-dealkylation sites (N-methyl/N-ethyl adjacent to an activating group) is 1. The van der Waals surface area contributed by atoms with Gasteiger partial charge in [-0.1, -0.05) is 6.92 Å². The first-order valence-electron chi connectivity index (χ1n) is 7.27. The Hall–Kier alpha value is -1.36. The predicted molar refractivity (Wildman–Crippen MR) is 79.9 cm³/mol. The van der Waals surface area contributed by atoms with Crippen molar-refractivity contribution in [3.05, 3.63) is 11.9 Å². The summed E-state index contributed by atoms with van der Waals surface area (Å²) in [5.74, 6) is 2.11. The Kier molecular flexibility index (Phi) is 4.96. The minimum atomic E-state index is 0.895. The maximum atomic E-state index is 4.54. The van der Waals surface area contributed by atoms with Gasteiger partial charge in [0, 0.05) is 31.7 Å². The molecule has 0 aromatic carbocycles. The topological polar surface area (TPSA) is 44.3 Å². The van der Waals surface area contributed by atoms with Gasteiger partial charge in [-0.15, -0.1) is 0 Å². The fourth-order valence-corrected chi connectivity index (χ4v) is 2.58. The Morgan fingerprint density at radius 1 is 1.16 bits per heavy atom. The van der Waals surface area contributed by atoms with Crippen molar-refractivity contribution in [1.29, 1.82) is 0 Å². The molecule has 0 aliphatic carbocycles. The van der Waals surface area contributed by atoms with Crippen molar-refractivity contribution in [3.63, 3.8) is 0 Å². The molecule has 1 saturated heterocycles. The van der Waals surface area contributed by atoms with Crippen LogP contribution < -0.4 is 10.2 Å². The second kappa shape index (κ2) is 6.70. The van der Waals surface area contributed by atoms with Crippen molar-refractivity contribution in [1.82, 2.24) is 14.9 Å². The first-order valence-corrected chi connectivity index (χ1v) is 7.27. The Morgan fingerprint density at radius 2 is 2.00 bits per heavy atom. The van der Waals surface area contributed by atoms with Crippen LogP contribution >= 0.6 is 0 Å². The molecule has 0 radical (unpaired) electrons. The zero-order chi connectivity index (χ0) is 13.7. The molecular weight excluding hydrogens is 238 g/mol. The van der Waals surface area contributed by atoms with Crippen molar-refractivity contribution in [2.24, 2.45) is 0 Å². The van der Waals surface area contributed by atoms with Gasteiger partial charge in [0.15, 0.2) is 0 Å². The average molecular weight is 263 g/mol. The summed E-state index contributed by atoms with van der Waals surface area (Å²) < 4.78 is 0. The molecule has 1 aromatic rings. The first-order chi connectivity index (χ1) is 9.26. The molecule has 2 heterocycles. The molecule has 5 nitrogen and oxygen atoms in total. The number of hydrogen-bond acceptors (Lipinski definition) is 5. The van der Waals surface area contributed by atoms with E-state index >= 15 is 0 Å². The third-order valence-electron chi connectivity index (χ3n) is 3.64. The average Bonchev–Trinajstić information content (AvgIpc) is 2.64. The van der Waals surface area contributed by atoms with Gasteiger partial charge in [0.05, 0.1) is 0 Å². The molecule has 0 saturated carbocycles. The summed E-state index contributed by atoms with van der Waals surface area (Å²) in [6.45, 7) is 9.57. The van der Waals surface area contributed by atoms with Crippen molar-refractivity contribution >= 4 is 11.6 Å². The molecule has 5 heteroatoms. The maximum Gasteiger partial charge on any atom is 0.137 e. The van der Waals surface area contributed by atoms with E-state index in [1.807, 2.05) is 0 Å². The normalized spacial score (nSPS) is 17.3. The van der Waals surface area contributed by atoms with Gasteiger partial charge in [0.2, 0.25) is 0 Å². The van der Waals surface area contributed by atoms with E-state index in [4.69, 9.17) is 0 Å². The number of hydrogen-bond donors (Lipinski definition) is 1. The van der Waals surface area contributed by atoms with E-state index in [1.54, 1.807) is 6.33 Å². The Morgan fingerprint density at radius 3 is 2.74 bits per heavy atom. The molecule has 0 bridgehead atoms. The minimum absolute atomic E-state index is 0.895. The number of rotatable bonds is 4. The van der Waals surface area contributed by atoms with E-state index in [1.165, 1.54) is 18.5 Å². The monoisotopic (exact) mass is 263 g/mol. The zero-order valence-electron chi connectivity index (χ0n) is 12.3. The first kappa shape index (κ1) is 14.1. The molecule has 1 aliphatic rings. The van der Waals surface area contributed by atoms with Crippen LogP contribution in [0.4, 0.5) is 11.6 Å². The summed E-state index contributed by atoms with van der Waals surface area (Å²) in [7, 11) is 2.19. The largest absolute Gasteiger partial charge is 0.370 e. The van der Waals surface area contributed by atoms with Crippen LogP contribution in [0.15, 0.2) is 6.33 Å². The van der Waals surface area contributed by atoms with E-state index in [9.17, 15) is 0 Å². The van der Waals surface area contributed by atoms with Crippen LogP contribution in [-0.2, 0) is 6.42 Å². The highest BCUT2D eigenvalue weighted by Crippen LogP contribution is 2.24. The van der Waals surface area contributed by atoms with Crippen LogP contribution in [0.1, 0.15) is 25.8 Å². The minimum Gasteiger partial charge on any atom is -0.370 e. The molecule has 0 atom stereocenters. The Balaban J connectivity index is 2.25. The zero-order valence-corrected chi connectivity index (χ0v) is 12.3. The summed E-state index contributed by atoms with van der Waals surface area (Å²) in [4.78, 5) is 13.7.